The van der Waals surface area contributed by atoms with E-state index >= 15 is 0 Å². The van der Waals surface area contributed by atoms with E-state index in [1.807, 2.05) is 38.1 Å². The van der Waals surface area contributed by atoms with Crippen molar-refractivity contribution in [3.63, 3.8) is 0 Å². The number of aryl methyl sites for hydroxylation is 3. The molecule has 2 aromatic rings. The number of ether oxygens (including phenoxy) is 2. The first-order valence-corrected chi connectivity index (χ1v) is 6.58. The highest BCUT2D eigenvalue weighted by atomic mass is 16.7. The molecule has 1 aliphatic rings. The predicted molar refractivity (Wildman–Crippen MR) is 73.2 cm³/mol. The highest BCUT2D eigenvalue weighted by Crippen LogP contribution is 2.32. The lowest BCUT2D eigenvalue weighted by molar-refractivity contribution is 0.0884. The highest BCUT2D eigenvalue weighted by molar-refractivity contribution is 5.79. The van der Waals surface area contributed by atoms with Crippen LogP contribution in [0, 0.1) is 13.8 Å². The molecule has 1 aromatic heterocycles. The molecule has 20 heavy (non-hydrogen) atoms. The van der Waals surface area contributed by atoms with Crippen LogP contribution in [0.4, 0.5) is 0 Å². The lowest BCUT2D eigenvalue weighted by atomic mass is 10.1. The van der Waals surface area contributed by atoms with Crippen LogP contribution in [-0.4, -0.2) is 22.5 Å². The normalized spacial score (nSPS) is 12.7. The Morgan fingerprint density at radius 1 is 1.25 bits per heavy atom. The molecule has 0 atom stereocenters. The van der Waals surface area contributed by atoms with Crippen LogP contribution in [0.2, 0.25) is 0 Å². The van der Waals surface area contributed by atoms with Gasteiger partial charge in [0.2, 0.25) is 12.7 Å². The summed E-state index contributed by atoms with van der Waals surface area (Å²) in [7, 11) is 0. The molecule has 0 radical (unpaired) electrons. The monoisotopic (exact) mass is 272 g/mol. The van der Waals surface area contributed by atoms with Gasteiger partial charge in [0.1, 0.15) is 0 Å². The zero-order valence-corrected chi connectivity index (χ0v) is 11.5. The van der Waals surface area contributed by atoms with Crippen molar-refractivity contribution in [2.24, 2.45) is 0 Å². The van der Waals surface area contributed by atoms with Gasteiger partial charge >= 0.3 is 0 Å². The SMILES string of the molecule is Cc1cc(C)n(C(=O)CCc2ccc3c(c2)OCO3)n1. The van der Waals surface area contributed by atoms with Crippen LogP contribution in [0.25, 0.3) is 0 Å². The number of carbonyl (C=O) groups excluding carboxylic acids is 1. The molecule has 0 saturated carbocycles. The minimum absolute atomic E-state index is 0.00765. The van der Waals surface area contributed by atoms with E-state index in [0.717, 1.165) is 28.5 Å². The number of nitrogens with zero attached hydrogens (tertiary/aromatic N) is 2. The second-order valence-corrected chi connectivity index (χ2v) is 4.92. The van der Waals surface area contributed by atoms with E-state index in [1.54, 1.807) is 0 Å². The van der Waals surface area contributed by atoms with Crippen molar-refractivity contribution in [1.82, 2.24) is 9.78 Å². The van der Waals surface area contributed by atoms with E-state index in [9.17, 15) is 4.79 Å². The van der Waals surface area contributed by atoms with Crippen molar-refractivity contribution in [2.45, 2.75) is 26.7 Å². The van der Waals surface area contributed by atoms with Gasteiger partial charge in [-0.2, -0.15) is 5.10 Å². The van der Waals surface area contributed by atoms with Gasteiger partial charge in [0.05, 0.1) is 5.69 Å². The van der Waals surface area contributed by atoms with Gasteiger partial charge in [0.15, 0.2) is 11.5 Å². The topological polar surface area (TPSA) is 53.4 Å². The molecule has 0 fully saturated rings. The largest absolute Gasteiger partial charge is 0.454 e. The minimum Gasteiger partial charge on any atom is -0.454 e. The van der Waals surface area contributed by atoms with Gasteiger partial charge in [-0.25, -0.2) is 4.68 Å². The van der Waals surface area contributed by atoms with Crippen molar-refractivity contribution in [3.05, 3.63) is 41.2 Å². The van der Waals surface area contributed by atoms with Crippen LogP contribution in [0.5, 0.6) is 11.5 Å². The summed E-state index contributed by atoms with van der Waals surface area (Å²) in [6.07, 6.45) is 1.08. The van der Waals surface area contributed by atoms with Crippen LogP contribution >= 0.6 is 0 Å². The molecule has 0 N–H and O–H groups in total. The van der Waals surface area contributed by atoms with E-state index in [2.05, 4.69) is 5.10 Å². The molecular weight excluding hydrogens is 256 g/mol. The molecule has 0 amide bonds. The smallest absolute Gasteiger partial charge is 0.247 e. The summed E-state index contributed by atoms with van der Waals surface area (Å²) in [6.45, 7) is 4.04. The van der Waals surface area contributed by atoms with Gasteiger partial charge < -0.3 is 9.47 Å². The molecule has 0 bridgehead atoms. The molecular formula is C15H16N2O3. The molecule has 0 aliphatic carbocycles. The Labute approximate surface area is 117 Å². The van der Waals surface area contributed by atoms with Gasteiger partial charge in [0.25, 0.3) is 0 Å². The van der Waals surface area contributed by atoms with Crippen molar-refractivity contribution in [3.8, 4) is 11.5 Å². The first kappa shape index (κ1) is 12.7. The second-order valence-electron chi connectivity index (χ2n) is 4.92. The summed E-state index contributed by atoms with van der Waals surface area (Å²) in [4.78, 5) is 12.1. The second kappa shape index (κ2) is 5.00. The third-order valence-corrected chi connectivity index (χ3v) is 3.31. The molecule has 0 unspecified atom stereocenters. The Hall–Kier alpha value is -2.30. The maximum Gasteiger partial charge on any atom is 0.247 e. The van der Waals surface area contributed by atoms with Crippen LogP contribution < -0.4 is 9.47 Å². The first-order chi connectivity index (χ1) is 9.63. The highest BCUT2D eigenvalue weighted by Gasteiger charge is 2.14. The minimum atomic E-state index is 0.00765. The van der Waals surface area contributed by atoms with Crippen molar-refractivity contribution in [2.75, 3.05) is 6.79 Å². The fraction of sp³-hybridized carbons (Fsp3) is 0.333. The van der Waals surface area contributed by atoms with Crippen LogP contribution in [-0.2, 0) is 6.42 Å². The van der Waals surface area contributed by atoms with Gasteiger partial charge in [0, 0.05) is 12.1 Å². The molecule has 5 heteroatoms. The Balaban J connectivity index is 1.67. The third kappa shape index (κ3) is 2.39. The van der Waals surface area contributed by atoms with Gasteiger partial charge in [-0.05, 0) is 44.0 Å². The van der Waals surface area contributed by atoms with Gasteiger partial charge in [-0.1, -0.05) is 6.07 Å². The molecule has 0 saturated heterocycles. The Morgan fingerprint density at radius 3 is 2.80 bits per heavy atom. The fourth-order valence-electron chi connectivity index (χ4n) is 2.34. The maximum absolute atomic E-state index is 12.1. The van der Waals surface area contributed by atoms with Gasteiger partial charge in [-0.3, -0.25) is 4.79 Å². The summed E-state index contributed by atoms with van der Waals surface area (Å²) < 4.78 is 12.1. The number of hydrogen-bond donors (Lipinski definition) is 0. The number of hydrogen-bond acceptors (Lipinski definition) is 4. The van der Waals surface area contributed by atoms with Crippen LogP contribution in [0.15, 0.2) is 24.3 Å². The predicted octanol–water partition coefficient (Wildman–Crippen LogP) is 2.50. The number of carbonyl (C=O) groups is 1. The van der Waals surface area contributed by atoms with Crippen LogP contribution in [0.3, 0.4) is 0 Å². The summed E-state index contributed by atoms with van der Waals surface area (Å²) >= 11 is 0. The zero-order valence-electron chi connectivity index (χ0n) is 11.5. The third-order valence-electron chi connectivity index (χ3n) is 3.31. The molecule has 104 valence electrons. The lowest BCUT2D eigenvalue weighted by Gasteiger charge is -2.04. The number of aromatic nitrogens is 2. The number of fused-ring (bicyclic) bond motifs is 1. The molecule has 0 spiro atoms. The Morgan fingerprint density at radius 2 is 2.05 bits per heavy atom. The zero-order chi connectivity index (χ0) is 14.1. The molecule has 3 rings (SSSR count). The first-order valence-electron chi connectivity index (χ1n) is 6.58. The van der Waals surface area contributed by atoms with E-state index in [0.29, 0.717) is 12.8 Å². The molecule has 1 aliphatic heterocycles. The summed E-state index contributed by atoms with van der Waals surface area (Å²) in [5, 5.41) is 4.20. The number of benzene rings is 1. The maximum atomic E-state index is 12.1. The summed E-state index contributed by atoms with van der Waals surface area (Å²) in [5.74, 6) is 1.52. The quantitative estimate of drug-likeness (QED) is 0.861. The van der Waals surface area contributed by atoms with Crippen molar-refractivity contribution < 1.29 is 14.3 Å². The molecule has 5 nitrogen and oxygen atoms in total. The Bertz CT molecular complexity index is 661. The number of rotatable bonds is 3. The van der Waals surface area contributed by atoms with Gasteiger partial charge in [-0.15, -0.1) is 0 Å². The van der Waals surface area contributed by atoms with E-state index in [1.165, 1.54) is 4.68 Å². The average molecular weight is 272 g/mol. The fourth-order valence-corrected chi connectivity index (χ4v) is 2.34. The lowest BCUT2D eigenvalue weighted by Crippen LogP contribution is -2.14. The van der Waals surface area contributed by atoms with Crippen LogP contribution in [0.1, 0.15) is 28.2 Å². The molecule has 2 heterocycles. The van der Waals surface area contributed by atoms with Crippen molar-refractivity contribution >= 4 is 5.91 Å². The average Bonchev–Trinajstić information content (AvgIpc) is 3.01. The standard InChI is InChI=1S/C15H16N2O3/c1-10-7-11(2)17(16-10)15(18)6-4-12-3-5-13-14(8-12)20-9-19-13/h3,5,7-8H,4,6,9H2,1-2H3. The van der Waals surface area contributed by atoms with E-state index < -0.39 is 0 Å². The van der Waals surface area contributed by atoms with E-state index in [-0.39, 0.29) is 12.7 Å². The van der Waals surface area contributed by atoms with Crippen molar-refractivity contribution in [1.29, 1.82) is 0 Å². The molecule has 1 aromatic carbocycles. The Kier molecular flexibility index (Phi) is 3.18. The van der Waals surface area contributed by atoms with E-state index in [4.69, 9.17) is 9.47 Å². The summed E-state index contributed by atoms with van der Waals surface area (Å²) in [6, 6.07) is 7.67. The summed E-state index contributed by atoms with van der Waals surface area (Å²) in [5.41, 5.74) is 2.79.